The van der Waals surface area contributed by atoms with Crippen molar-refractivity contribution in [1.82, 2.24) is 5.43 Å². The summed E-state index contributed by atoms with van der Waals surface area (Å²) in [4.78, 5) is 0. The molecule has 0 aliphatic heterocycles. The van der Waals surface area contributed by atoms with Crippen molar-refractivity contribution in [2.24, 2.45) is 10.8 Å². The average molecular weight is 241 g/mol. The van der Waals surface area contributed by atoms with Crippen LogP contribution in [0.5, 0.6) is 17.2 Å². The fraction of sp³-hybridized carbons (Fsp3) is 0.111. The Hall–Kier alpha value is -2.02. The normalized spacial score (nSPS) is 11.2. The molecule has 1 rings (SSSR count). The fourth-order valence-corrected chi connectivity index (χ4v) is 1.21. The molecule has 0 atom stereocenters. The minimum Gasteiger partial charge on any atom is -0.508 e. The second-order valence-corrected chi connectivity index (χ2v) is 3.47. The summed E-state index contributed by atoms with van der Waals surface area (Å²) < 4.78 is 0. The lowest BCUT2D eigenvalue weighted by Crippen LogP contribution is -2.25. The summed E-state index contributed by atoms with van der Waals surface area (Å²) in [6.07, 6.45) is 0. The number of nitrogens with zero attached hydrogens (tertiary/aromatic N) is 1. The predicted octanol–water partition coefficient (Wildman–Crippen LogP) is 0.361. The van der Waals surface area contributed by atoms with Gasteiger partial charge in [-0.15, -0.1) is 0 Å². The molecule has 0 amide bonds. The van der Waals surface area contributed by atoms with Crippen LogP contribution in [0.3, 0.4) is 0 Å². The van der Waals surface area contributed by atoms with E-state index in [2.05, 4.69) is 22.7 Å². The van der Waals surface area contributed by atoms with Crippen molar-refractivity contribution >= 4 is 23.0 Å². The first-order valence-electron chi connectivity index (χ1n) is 4.27. The third-order valence-corrected chi connectivity index (χ3v) is 1.87. The van der Waals surface area contributed by atoms with Crippen LogP contribution in [0.1, 0.15) is 12.5 Å². The number of benzene rings is 1. The van der Waals surface area contributed by atoms with E-state index in [0.717, 1.165) is 12.1 Å². The average Bonchev–Trinajstić information content (AvgIpc) is 2.12. The van der Waals surface area contributed by atoms with Gasteiger partial charge in [0, 0.05) is 12.1 Å². The number of hydrogen-bond acceptors (Lipinski definition) is 5. The molecule has 0 saturated carbocycles. The molecule has 7 heteroatoms. The van der Waals surface area contributed by atoms with Gasteiger partial charge in [-0.2, -0.15) is 5.10 Å². The van der Waals surface area contributed by atoms with E-state index in [1.165, 1.54) is 6.92 Å². The molecule has 0 saturated heterocycles. The van der Waals surface area contributed by atoms with Crippen molar-refractivity contribution in [1.29, 1.82) is 0 Å². The van der Waals surface area contributed by atoms with Crippen LogP contribution in [0, 0.1) is 0 Å². The zero-order valence-electron chi connectivity index (χ0n) is 8.43. The number of phenols is 3. The molecule has 6 N–H and O–H groups in total. The molecule has 1 aromatic carbocycles. The summed E-state index contributed by atoms with van der Waals surface area (Å²) in [5.74, 6) is -0.819. The van der Waals surface area contributed by atoms with Gasteiger partial charge in [0.1, 0.15) is 17.2 Å². The second-order valence-electron chi connectivity index (χ2n) is 3.03. The molecule has 0 fully saturated rings. The Kier molecular flexibility index (Phi) is 3.51. The lowest BCUT2D eigenvalue weighted by atomic mass is 10.1. The number of nitrogens with two attached hydrogens (primary N) is 1. The number of aromatic hydroxyl groups is 3. The van der Waals surface area contributed by atoms with Gasteiger partial charge in [-0.25, -0.2) is 0 Å². The van der Waals surface area contributed by atoms with E-state index in [1.54, 1.807) is 0 Å². The van der Waals surface area contributed by atoms with Crippen molar-refractivity contribution in [3.05, 3.63) is 17.7 Å². The van der Waals surface area contributed by atoms with Crippen LogP contribution in [-0.2, 0) is 0 Å². The SMILES string of the molecule is C/C(=N/NC(N)=S)c1c(O)cc(O)cc1O. The monoisotopic (exact) mass is 241 g/mol. The first kappa shape index (κ1) is 12.1. The number of hydrazone groups is 1. The Morgan fingerprint density at radius 3 is 2.25 bits per heavy atom. The Balaban J connectivity index is 3.13. The molecule has 0 aliphatic carbocycles. The van der Waals surface area contributed by atoms with Gasteiger partial charge in [0.05, 0.1) is 11.3 Å². The maximum atomic E-state index is 9.52. The van der Waals surface area contributed by atoms with Crippen molar-refractivity contribution < 1.29 is 15.3 Å². The molecule has 6 nitrogen and oxygen atoms in total. The number of hydrogen-bond donors (Lipinski definition) is 5. The van der Waals surface area contributed by atoms with E-state index in [0.29, 0.717) is 0 Å². The van der Waals surface area contributed by atoms with E-state index in [1.807, 2.05) is 0 Å². The summed E-state index contributed by atoms with van der Waals surface area (Å²) in [7, 11) is 0. The van der Waals surface area contributed by atoms with E-state index < -0.39 is 0 Å². The molecule has 0 aliphatic rings. The van der Waals surface area contributed by atoms with Gasteiger partial charge in [0.25, 0.3) is 0 Å². The second kappa shape index (κ2) is 4.67. The third kappa shape index (κ3) is 2.74. The van der Waals surface area contributed by atoms with Gasteiger partial charge >= 0.3 is 0 Å². The summed E-state index contributed by atoms with van der Waals surface area (Å²) in [6.45, 7) is 1.54. The summed E-state index contributed by atoms with van der Waals surface area (Å²) in [5, 5.41) is 31.8. The lowest BCUT2D eigenvalue weighted by Gasteiger charge is -2.07. The van der Waals surface area contributed by atoms with Gasteiger partial charge in [0.2, 0.25) is 0 Å². The number of nitrogens with one attached hydrogen (secondary N) is 1. The van der Waals surface area contributed by atoms with Gasteiger partial charge in [-0.1, -0.05) is 0 Å². The van der Waals surface area contributed by atoms with Crippen LogP contribution in [0.2, 0.25) is 0 Å². The van der Waals surface area contributed by atoms with Crippen LogP contribution >= 0.6 is 12.2 Å². The van der Waals surface area contributed by atoms with Crippen LogP contribution in [0.25, 0.3) is 0 Å². The minimum absolute atomic E-state index is 0.0305. The topological polar surface area (TPSA) is 111 Å². The van der Waals surface area contributed by atoms with Gasteiger partial charge in [0.15, 0.2) is 5.11 Å². The highest BCUT2D eigenvalue weighted by Gasteiger charge is 2.12. The van der Waals surface area contributed by atoms with Crippen molar-refractivity contribution in [3.8, 4) is 17.2 Å². The van der Waals surface area contributed by atoms with Crippen LogP contribution < -0.4 is 11.2 Å². The molecule has 0 radical (unpaired) electrons. The Morgan fingerprint density at radius 1 is 1.31 bits per heavy atom. The molecule has 0 unspecified atom stereocenters. The van der Waals surface area contributed by atoms with Crippen LogP contribution in [-0.4, -0.2) is 26.1 Å². The molecular weight excluding hydrogens is 230 g/mol. The number of phenolic OH excluding ortho intramolecular Hbond substituents is 3. The smallest absolute Gasteiger partial charge is 0.184 e. The maximum Gasteiger partial charge on any atom is 0.184 e. The molecule has 86 valence electrons. The van der Waals surface area contributed by atoms with Crippen molar-refractivity contribution in [2.45, 2.75) is 6.92 Å². The van der Waals surface area contributed by atoms with Gasteiger partial charge in [-0.3, -0.25) is 5.43 Å². The summed E-state index contributed by atoms with van der Waals surface area (Å²) >= 11 is 4.54. The number of rotatable bonds is 2. The molecule has 0 heterocycles. The maximum absolute atomic E-state index is 9.52. The van der Waals surface area contributed by atoms with E-state index >= 15 is 0 Å². The van der Waals surface area contributed by atoms with Gasteiger partial charge in [-0.05, 0) is 19.1 Å². The molecule has 0 bridgehead atoms. The quantitative estimate of drug-likeness (QED) is 0.290. The lowest BCUT2D eigenvalue weighted by molar-refractivity contribution is 0.426. The molecule has 0 aromatic heterocycles. The standard InChI is InChI=1S/C9H11N3O3S/c1-4(11-12-9(10)16)8-6(14)2-5(13)3-7(8)15/h2-3,13-15H,1H3,(H3,10,12,16)/b11-4-. The van der Waals surface area contributed by atoms with E-state index in [9.17, 15) is 10.2 Å². The molecular formula is C9H11N3O3S. The molecule has 16 heavy (non-hydrogen) atoms. The Labute approximate surface area is 97.0 Å². The van der Waals surface area contributed by atoms with E-state index in [-0.39, 0.29) is 33.6 Å². The first-order valence-corrected chi connectivity index (χ1v) is 4.67. The number of thiocarbonyl (C=S) groups is 1. The zero-order valence-corrected chi connectivity index (χ0v) is 9.25. The zero-order chi connectivity index (χ0) is 12.3. The highest BCUT2D eigenvalue weighted by Crippen LogP contribution is 2.32. The third-order valence-electron chi connectivity index (χ3n) is 1.78. The first-order chi connectivity index (χ1) is 7.41. The summed E-state index contributed by atoms with van der Waals surface area (Å²) in [5.41, 5.74) is 7.87. The predicted molar refractivity (Wildman–Crippen MR) is 63.6 cm³/mol. The highest BCUT2D eigenvalue weighted by atomic mass is 32.1. The molecule has 1 aromatic rings. The van der Waals surface area contributed by atoms with Crippen LogP contribution in [0.4, 0.5) is 0 Å². The van der Waals surface area contributed by atoms with Crippen LogP contribution in [0.15, 0.2) is 17.2 Å². The fourth-order valence-electron chi connectivity index (χ4n) is 1.16. The highest BCUT2D eigenvalue weighted by molar-refractivity contribution is 7.80. The largest absolute Gasteiger partial charge is 0.508 e. The molecule has 0 spiro atoms. The van der Waals surface area contributed by atoms with Crippen molar-refractivity contribution in [2.75, 3.05) is 0 Å². The Morgan fingerprint density at radius 2 is 1.81 bits per heavy atom. The minimum atomic E-state index is -0.288. The summed E-state index contributed by atoms with van der Waals surface area (Å²) in [6, 6.07) is 2.18. The van der Waals surface area contributed by atoms with Crippen molar-refractivity contribution in [3.63, 3.8) is 0 Å². The van der Waals surface area contributed by atoms with E-state index in [4.69, 9.17) is 10.8 Å². The Bertz CT molecular complexity index is 436. The van der Waals surface area contributed by atoms with Gasteiger partial charge < -0.3 is 21.1 Å².